The number of methoxy groups -OCH3 is 1. The van der Waals surface area contributed by atoms with Crippen molar-refractivity contribution in [3.63, 3.8) is 0 Å². The number of fused-ring (bicyclic) bond motifs is 1. The second-order valence-electron chi connectivity index (χ2n) is 4.93. The third kappa shape index (κ3) is 2.51. The standard InChI is InChI=1S/C18H13FO3/c1-22-15-6-7-17(19)16(10-15)13-4-2-12-9-14(18(20)21)5-3-11(12)8-13/h2-10H,1H3,(H,20,21). The highest BCUT2D eigenvalue weighted by Gasteiger charge is 2.09. The second kappa shape index (κ2) is 5.48. The molecular formula is C18H13FO3. The Morgan fingerprint density at radius 3 is 2.45 bits per heavy atom. The molecule has 0 spiro atoms. The molecule has 22 heavy (non-hydrogen) atoms. The summed E-state index contributed by atoms with van der Waals surface area (Å²) in [5.41, 5.74) is 1.39. The van der Waals surface area contributed by atoms with Gasteiger partial charge in [0.05, 0.1) is 12.7 Å². The average Bonchev–Trinajstić information content (AvgIpc) is 2.54. The van der Waals surface area contributed by atoms with Crippen molar-refractivity contribution in [2.75, 3.05) is 7.11 Å². The Balaban J connectivity index is 2.13. The molecule has 3 aromatic rings. The third-order valence-corrected chi connectivity index (χ3v) is 3.57. The van der Waals surface area contributed by atoms with E-state index in [4.69, 9.17) is 9.84 Å². The molecule has 0 fully saturated rings. The fraction of sp³-hybridized carbons (Fsp3) is 0.0556. The van der Waals surface area contributed by atoms with Gasteiger partial charge in [0.1, 0.15) is 11.6 Å². The van der Waals surface area contributed by atoms with Gasteiger partial charge in [-0.25, -0.2) is 9.18 Å². The molecule has 3 aromatic carbocycles. The van der Waals surface area contributed by atoms with Crippen LogP contribution in [0.2, 0.25) is 0 Å². The molecule has 0 saturated carbocycles. The molecule has 1 N–H and O–H groups in total. The van der Waals surface area contributed by atoms with Gasteiger partial charge in [-0.15, -0.1) is 0 Å². The minimum atomic E-state index is -0.968. The zero-order valence-electron chi connectivity index (χ0n) is 11.8. The van der Waals surface area contributed by atoms with Crippen molar-refractivity contribution in [1.29, 1.82) is 0 Å². The van der Waals surface area contributed by atoms with E-state index in [2.05, 4.69) is 0 Å². The van der Waals surface area contributed by atoms with Crippen LogP contribution in [0.4, 0.5) is 4.39 Å². The Hall–Kier alpha value is -2.88. The summed E-state index contributed by atoms with van der Waals surface area (Å²) in [4.78, 5) is 11.0. The van der Waals surface area contributed by atoms with Crippen LogP contribution in [0.5, 0.6) is 5.75 Å². The highest BCUT2D eigenvalue weighted by Crippen LogP contribution is 2.30. The van der Waals surface area contributed by atoms with Crippen LogP contribution >= 0.6 is 0 Å². The fourth-order valence-corrected chi connectivity index (χ4v) is 2.40. The summed E-state index contributed by atoms with van der Waals surface area (Å²) in [6.45, 7) is 0. The largest absolute Gasteiger partial charge is 0.497 e. The highest BCUT2D eigenvalue weighted by molar-refractivity contribution is 5.95. The molecule has 0 aliphatic carbocycles. The highest BCUT2D eigenvalue weighted by atomic mass is 19.1. The van der Waals surface area contributed by atoms with Gasteiger partial charge in [-0.05, 0) is 52.7 Å². The first-order valence-corrected chi connectivity index (χ1v) is 6.69. The van der Waals surface area contributed by atoms with E-state index in [-0.39, 0.29) is 11.4 Å². The first-order valence-electron chi connectivity index (χ1n) is 6.69. The van der Waals surface area contributed by atoms with Crippen molar-refractivity contribution in [1.82, 2.24) is 0 Å². The van der Waals surface area contributed by atoms with Crippen molar-refractivity contribution in [3.05, 3.63) is 66.0 Å². The zero-order chi connectivity index (χ0) is 15.7. The Morgan fingerprint density at radius 2 is 1.73 bits per heavy atom. The van der Waals surface area contributed by atoms with Gasteiger partial charge in [0.15, 0.2) is 0 Å². The number of carboxylic acid groups (broad SMARTS) is 1. The molecule has 0 aliphatic rings. The van der Waals surface area contributed by atoms with Gasteiger partial charge in [0.2, 0.25) is 0 Å². The Bertz CT molecular complexity index is 871. The number of carbonyl (C=O) groups is 1. The van der Waals surface area contributed by atoms with Crippen molar-refractivity contribution in [2.45, 2.75) is 0 Å². The predicted molar refractivity (Wildman–Crippen MR) is 82.9 cm³/mol. The topological polar surface area (TPSA) is 46.5 Å². The molecule has 0 aliphatic heterocycles. The number of hydrogen-bond acceptors (Lipinski definition) is 2. The first kappa shape index (κ1) is 14.1. The monoisotopic (exact) mass is 296 g/mol. The van der Waals surface area contributed by atoms with E-state index in [0.29, 0.717) is 16.9 Å². The Labute approximate surface area is 126 Å². The van der Waals surface area contributed by atoms with Gasteiger partial charge < -0.3 is 9.84 Å². The number of hydrogen-bond donors (Lipinski definition) is 1. The number of rotatable bonds is 3. The number of carboxylic acids is 1. The van der Waals surface area contributed by atoms with E-state index in [9.17, 15) is 9.18 Å². The Morgan fingerprint density at radius 1 is 1.00 bits per heavy atom. The number of ether oxygens (including phenoxy) is 1. The van der Waals surface area contributed by atoms with Crippen LogP contribution in [0.3, 0.4) is 0 Å². The number of aromatic carboxylic acids is 1. The lowest BCUT2D eigenvalue weighted by atomic mass is 9.99. The van der Waals surface area contributed by atoms with Crippen LogP contribution in [0.15, 0.2) is 54.6 Å². The van der Waals surface area contributed by atoms with E-state index in [1.165, 1.54) is 19.2 Å². The summed E-state index contributed by atoms with van der Waals surface area (Å²) in [7, 11) is 1.53. The quantitative estimate of drug-likeness (QED) is 0.781. The van der Waals surface area contributed by atoms with Crippen LogP contribution in [0.25, 0.3) is 21.9 Å². The molecule has 0 heterocycles. The Kier molecular flexibility index (Phi) is 3.51. The van der Waals surface area contributed by atoms with Crippen molar-refractivity contribution in [3.8, 4) is 16.9 Å². The summed E-state index contributed by atoms with van der Waals surface area (Å²) in [6.07, 6.45) is 0. The normalized spacial score (nSPS) is 10.6. The molecule has 4 heteroatoms. The molecule has 110 valence electrons. The van der Waals surface area contributed by atoms with E-state index >= 15 is 0 Å². The number of benzene rings is 3. The molecule has 3 nitrogen and oxygen atoms in total. The minimum Gasteiger partial charge on any atom is -0.497 e. The number of halogens is 1. The van der Waals surface area contributed by atoms with Crippen molar-refractivity contribution < 1.29 is 19.0 Å². The average molecular weight is 296 g/mol. The van der Waals surface area contributed by atoms with Gasteiger partial charge in [0, 0.05) is 5.56 Å². The molecule has 0 aromatic heterocycles. The lowest BCUT2D eigenvalue weighted by Crippen LogP contribution is -1.95. The first-order chi connectivity index (χ1) is 10.6. The van der Waals surface area contributed by atoms with E-state index < -0.39 is 5.97 Å². The minimum absolute atomic E-state index is 0.229. The van der Waals surface area contributed by atoms with Crippen LogP contribution in [-0.4, -0.2) is 18.2 Å². The molecule has 0 bridgehead atoms. The summed E-state index contributed by atoms with van der Waals surface area (Å²) >= 11 is 0. The lowest BCUT2D eigenvalue weighted by molar-refractivity contribution is 0.0697. The summed E-state index contributed by atoms with van der Waals surface area (Å²) in [5, 5.41) is 10.7. The van der Waals surface area contributed by atoms with E-state index in [1.807, 2.05) is 6.07 Å². The van der Waals surface area contributed by atoms with E-state index in [1.54, 1.807) is 36.4 Å². The molecule has 3 rings (SSSR count). The van der Waals surface area contributed by atoms with Gasteiger partial charge in [0.25, 0.3) is 0 Å². The molecular weight excluding hydrogens is 283 g/mol. The molecule has 0 amide bonds. The molecule has 0 saturated heterocycles. The molecule has 0 unspecified atom stereocenters. The van der Waals surface area contributed by atoms with Crippen LogP contribution in [-0.2, 0) is 0 Å². The zero-order valence-corrected chi connectivity index (χ0v) is 11.8. The lowest BCUT2D eigenvalue weighted by Gasteiger charge is -2.08. The van der Waals surface area contributed by atoms with Crippen molar-refractivity contribution in [2.24, 2.45) is 0 Å². The SMILES string of the molecule is COc1ccc(F)c(-c2ccc3cc(C(=O)O)ccc3c2)c1. The summed E-state index contributed by atoms with van der Waals surface area (Å²) < 4.78 is 19.2. The maximum Gasteiger partial charge on any atom is 0.335 e. The van der Waals surface area contributed by atoms with Gasteiger partial charge in [-0.3, -0.25) is 0 Å². The van der Waals surface area contributed by atoms with Gasteiger partial charge in [-0.1, -0.05) is 18.2 Å². The van der Waals surface area contributed by atoms with Gasteiger partial charge in [-0.2, -0.15) is 0 Å². The van der Waals surface area contributed by atoms with Crippen LogP contribution in [0, 0.1) is 5.82 Å². The summed E-state index contributed by atoms with van der Waals surface area (Å²) in [6, 6.07) is 14.8. The van der Waals surface area contributed by atoms with Crippen LogP contribution < -0.4 is 4.74 Å². The maximum atomic E-state index is 14.0. The summed E-state index contributed by atoms with van der Waals surface area (Å²) in [5.74, 6) is -0.718. The smallest absolute Gasteiger partial charge is 0.335 e. The van der Waals surface area contributed by atoms with E-state index in [0.717, 1.165) is 10.8 Å². The molecule has 0 atom stereocenters. The van der Waals surface area contributed by atoms with Gasteiger partial charge >= 0.3 is 5.97 Å². The van der Waals surface area contributed by atoms with Crippen LogP contribution in [0.1, 0.15) is 10.4 Å². The fourth-order valence-electron chi connectivity index (χ4n) is 2.40. The van der Waals surface area contributed by atoms with Crippen molar-refractivity contribution >= 4 is 16.7 Å². The third-order valence-electron chi connectivity index (χ3n) is 3.57. The molecule has 0 radical (unpaired) electrons. The predicted octanol–water partition coefficient (Wildman–Crippen LogP) is 4.35. The second-order valence-corrected chi connectivity index (χ2v) is 4.93. The maximum absolute atomic E-state index is 14.0.